The number of nitrogens with zero attached hydrogens (tertiary/aromatic N) is 2. The van der Waals surface area contributed by atoms with Gasteiger partial charge in [-0.15, -0.1) is 0 Å². The van der Waals surface area contributed by atoms with Crippen LogP contribution in [0, 0.1) is 0 Å². The van der Waals surface area contributed by atoms with Crippen LogP contribution in [0.25, 0.3) is 0 Å². The van der Waals surface area contributed by atoms with Crippen molar-refractivity contribution in [1.29, 1.82) is 0 Å². The van der Waals surface area contributed by atoms with Gasteiger partial charge in [0.25, 0.3) is 5.91 Å². The van der Waals surface area contributed by atoms with E-state index in [1.54, 1.807) is 19.2 Å². The number of likely N-dealkylation sites (N-methyl/N-ethyl adjacent to an activating group) is 1. The van der Waals surface area contributed by atoms with Crippen LogP contribution in [0.5, 0.6) is 5.75 Å². The van der Waals surface area contributed by atoms with Crippen LogP contribution in [0.15, 0.2) is 53.4 Å². The van der Waals surface area contributed by atoms with Crippen LogP contribution >= 0.6 is 0 Å². The number of hydrogen-bond acceptors (Lipinski definition) is 6. The van der Waals surface area contributed by atoms with E-state index in [9.17, 15) is 13.2 Å². The van der Waals surface area contributed by atoms with Crippen LogP contribution in [-0.2, 0) is 14.8 Å². The van der Waals surface area contributed by atoms with Crippen molar-refractivity contribution < 1.29 is 22.7 Å². The molecule has 0 aliphatic carbocycles. The predicted molar refractivity (Wildman–Crippen MR) is 118 cm³/mol. The third-order valence-corrected chi connectivity index (χ3v) is 7.22. The monoisotopic (exact) mass is 447 g/mol. The molecule has 2 aromatic carbocycles. The van der Waals surface area contributed by atoms with E-state index in [1.165, 1.54) is 16.4 Å². The Morgan fingerprint density at radius 3 is 2.26 bits per heavy atom. The van der Waals surface area contributed by atoms with Crippen molar-refractivity contribution in [3.05, 3.63) is 59.7 Å². The molecule has 1 aliphatic heterocycles. The summed E-state index contributed by atoms with van der Waals surface area (Å²) in [6.45, 7) is 1.86. The molecule has 9 heteroatoms. The van der Waals surface area contributed by atoms with Crippen molar-refractivity contribution in [3.63, 3.8) is 0 Å². The summed E-state index contributed by atoms with van der Waals surface area (Å²) in [5, 5.41) is 2.94. The third kappa shape index (κ3) is 5.62. The number of benzene rings is 2. The number of carbonyl (C=O) groups excluding carboxylic acids is 1. The van der Waals surface area contributed by atoms with E-state index in [4.69, 9.17) is 9.47 Å². The first kappa shape index (κ1) is 23.2. The Kier molecular flexibility index (Phi) is 7.66. The number of carbonyl (C=O) groups is 1. The van der Waals surface area contributed by atoms with E-state index in [-0.39, 0.29) is 16.8 Å². The molecule has 0 spiro atoms. The molecular weight excluding hydrogens is 418 g/mol. The molecular formula is C22H29N3O5S. The molecule has 168 valence electrons. The summed E-state index contributed by atoms with van der Waals surface area (Å²) in [6.07, 6.45) is 0. The number of ether oxygens (including phenoxy) is 2. The van der Waals surface area contributed by atoms with E-state index in [0.717, 1.165) is 11.3 Å². The van der Waals surface area contributed by atoms with Gasteiger partial charge in [-0.05, 0) is 56.1 Å². The number of sulfonamides is 1. The van der Waals surface area contributed by atoms with Gasteiger partial charge in [-0.3, -0.25) is 4.79 Å². The average Bonchev–Trinajstić information content (AvgIpc) is 2.80. The van der Waals surface area contributed by atoms with Gasteiger partial charge in [-0.1, -0.05) is 12.1 Å². The first-order valence-electron chi connectivity index (χ1n) is 10.1. The minimum atomic E-state index is -3.58. The topological polar surface area (TPSA) is 88.2 Å². The van der Waals surface area contributed by atoms with Crippen molar-refractivity contribution in [3.8, 4) is 5.75 Å². The number of rotatable bonds is 8. The minimum absolute atomic E-state index is 0.0178. The molecule has 1 amide bonds. The maximum absolute atomic E-state index is 12.7. The van der Waals surface area contributed by atoms with Crippen LogP contribution in [0.4, 0.5) is 0 Å². The van der Waals surface area contributed by atoms with Crippen LogP contribution in [0.1, 0.15) is 22.0 Å². The fourth-order valence-electron chi connectivity index (χ4n) is 3.43. The number of hydrogen-bond donors (Lipinski definition) is 1. The van der Waals surface area contributed by atoms with Gasteiger partial charge in [0, 0.05) is 25.2 Å². The zero-order chi connectivity index (χ0) is 22.4. The number of amides is 1. The molecule has 0 aromatic heterocycles. The molecule has 0 bridgehead atoms. The van der Waals surface area contributed by atoms with Gasteiger partial charge in [0.05, 0.1) is 31.3 Å². The summed E-state index contributed by atoms with van der Waals surface area (Å²) in [4.78, 5) is 14.8. The third-order valence-electron chi connectivity index (χ3n) is 5.30. The SMILES string of the molecule is COc1ccc(C(CNC(=O)c2ccc(S(=O)(=O)N3CCOCC3)cc2)N(C)C)cc1. The summed E-state index contributed by atoms with van der Waals surface area (Å²) in [5.74, 6) is 0.521. The standard InChI is InChI=1S/C22H29N3O5S/c1-24(2)21(17-4-8-19(29-3)9-5-17)16-23-22(26)18-6-10-20(11-7-18)31(27,28)25-12-14-30-15-13-25/h4-11,21H,12-16H2,1-3H3,(H,23,26). The second kappa shape index (κ2) is 10.2. The molecule has 0 radical (unpaired) electrons. The normalized spacial score (nSPS) is 16.1. The molecule has 1 fully saturated rings. The molecule has 1 N–H and O–H groups in total. The van der Waals surface area contributed by atoms with Crippen molar-refractivity contribution >= 4 is 15.9 Å². The molecule has 1 unspecified atom stereocenters. The Hall–Kier alpha value is -2.46. The fourth-order valence-corrected chi connectivity index (χ4v) is 4.84. The van der Waals surface area contributed by atoms with E-state index >= 15 is 0 Å². The average molecular weight is 448 g/mol. The molecule has 0 saturated carbocycles. The summed E-state index contributed by atoms with van der Waals surface area (Å²) in [6, 6.07) is 13.8. The van der Waals surface area contributed by atoms with Gasteiger partial charge >= 0.3 is 0 Å². The van der Waals surface area contributed by atoms with Gasteiger partial charge in [-0.25, -0.2) is 8.42 Å². The van der Waals surface area contributed by atoms with Gasteiger partial charge in [-0.2, -0.15) is 4.31 Å². The van der Waals surface area contributed by atoms with Crippen molar-refractivity contribution in [1.82, 2.24) is 14.5 Å². The highest BCUT2D eigenvalue weighted by Gasteiger charge is 2.26. The Morgan fingerprint density at radius 1 is 1.10 bits per heavy atom. The van der Waals surface area contributed by atoms with Crippen LogP contribution in [0.3, 0.4) is 0 Å². The Morgan fingerprint density at radius 2 is 1.71 bits per heavy atom. The summed E-state index contributed by atoms with van der Waals surface area (Å²) < 4.78 is 37.3. The summed E-state index contributed by atoms with van der Waals surface area (Å²) >= 11 is 0. The zero-order valence-electron chi connectivity index (χ0n) is 18.1. The van der Waals surface area contributed by atoms with Crippen molar-refractivity contribution in [2.45, 2.75) is 10.9 Å². The summed E-state index contributed by atoms with van der Waals surface area (Å²) in [5.41, 5.74) is 1.46. The highest BCUT2D eigenvalue weighted by Crippen LogP contribution is 2.21. The van der Waals surface area contributed by atoms with Crippen LogP contribution in [0.2, 0.25) is 0 Å². The molecule has 1 heterocycles. The highest BCUT2D eigenvalue weighted by molar-refractivity contribution is 7.89. The second-order valence-electron chi connectivity index (χ2n) is 7.50. The lowest BCUT2D eigenvalue weighted by molar-refractivity contribution is 0.0730. The van der Waals surface area contributed by atoms with Gasteiger partial charge in [0.15, 0.2) is 0 Å². The van der Waals surface area contributed by atoms with Crippen LogP contribution < -0.4 is 10.1 Å². The van der Waals surface area contributed by atoms with E-state index in [2.05, 4.69) is 5.32 Å². The maximum Gasteiger partial charge on any atom is 0.251 e. The highest BCUT2D eigenvalue weighted by atomic mass is 32.2. The Labute approximate surface area is 183 Å². The Bertz CT molecular complexity index is 969. The first-order valence-corrected chi connectivity index (χ1v) is 11.5. The second-order valence-corrected chi connectivity index (χ2v) is 9.44. The number of nitrogens with one attached hydrogen (secondary N) is 1. The largest absolute Gasteiger partial charge is 0.497 e. The molecule has 1 aliphatic rings. The van der Waals surface area contributed by atoms with Crippen molar-refractivity contribution in [2.24, 2.45) is 0 Å². The van der Waals surface area contributed by atoms with E-state index in [0.29, 0.717) is 38.4 Å². The van der Waals surface area contributed by atoms with Gasteiger partial charge in [0.2, 0.25) is 10.0 Å². The lowest BCUT2D eigenvalue weighted by Gasteiger charge is -2.26. The zero-order valence-corrected chi connectivity index (χ0v) is 18.9. The molecule has 1 saturated heterocycles. The summed E-state index contributed by atoms with van der Waals surface area (Å²) in [7, 11) is 1.94. The quantitative estimate of drug-likeness (QED) is 0.663. The molecule has 1 atom stereocenters. The number of morpholine rings is 1. The van der Waals surface area contributed by atoms with E-state index < -0.39 is 10.0 Å². The van der Waals surface area contributed by atoms with Gasteiger partial charge in [0.1, 0.15) is 5.75 Å². The van der Waals surface area contributed by atoms with E-state index in [1.807, 2.05) is 43.3 Å². The maximum atomic E-state index is 12.7. The van der Waals surface area contributed by atoms with Gasteiger partial charge < -0.3 is 19.7 Å². The van der Waals surface area contributed by atoms with Crippen LogP contribution in [-0.4, -0.2) is 77.6 Å². The Balaban J connectivity index is 1.65. The molecule has 2 aromatic rings. The molecule has 31 heavy (non-hydrogen) atoms. The first-order chi connectivity index (χ1) is 14.8. The molecule has 3 rings (SSSR count). The fraction of sp³-hybridized carbons (Fsp3) is 0.409. The van der Waals surface area contributed by atoms with Crippen molar-refractivity contribution in [2.75, 3.05) is 54.1 Å². The smallest absolute Gasteiger partial charge is 0.251 e. The lowest BCUT2D eigenvalue weighted by Crippen LogP contribution is -2.40. The molecule has 8 nitrogen and oxygen atoms in total. The lowest BCUT2D eigenvalue weighted by atomic mass is 10.1. The number of methoxy groups -OCH3 is 1. The predicted octanol–water partition coefficient (Wildman–Crippen LogP) is 1.75. The minimum Gasteiger partial charge on any atom is -0.497 e.